The molecule has 0 aliphatic heterocycles. The summed E-state index contributed by atoms with van der Waals surface area (Å²) in [6.45, 7) is 0. The van der Waals surface area contributed by atoms with Crippen LogP contribution in [0.15, 0.2) is 30.6 Å². The molecule has 1 aromatic carbocycles. The molecule has 2 aromatic heterocycles. The van der Waals surface area contributed by atoms with Crippen molar-refractivity contribution in [3.63, 3.8) is 0 Å². The van der Waals surface area contributed by atoms with Crippen LogP contribution in [0.25, 0.3) is 11.2 Å². The molecule has 2 fully saturated rings. The van der Waals surface area contributed by atoms with E-state index in [1.165, 1.54) is 37.1 Å². The minimum absolute atomic E-state index is 0. The van der Waals surface area contributed by atoms with E-state index >= 15 is 0 Å². The van der Waals surface area contributed by atoms with Crippen LogP contribution in [-0.2, 0) is 0 Å². The van der Waals surface area contributed by atoms with E-state index in [0.717, 1.165) is 44.2 Å². The molecule has 0 spiro atoms. The zero-order chi connectivity index (χ0) is 23.7. The molecule has 0 atom stereocenters. The first-order valence-electron chi connectivity index (χ1n) is 11.7. The van der Waals surface area contributed by atoms with E-state index < -0.39 is 6.36 Å². The average molecular weight is 548 g/mol. The first-order chi connectivity index (χ1) is 16.3. The number of anilines is 3. The van der Waals surface area contributed by atoms with Gasteiger partial charge in [0.2, 0.25) is 5.95 Å². The molecular weight excluding hydrogens is 518 g/mol. The minimum Gasteiger partial charge on any atom is -0.406 e. The van der Waals surface area contributed by atoms with Gasteiger partial charge in [-0.2, -0.15) is 9.97 Å². The van der Waals surface area contributed by atoms with E-state index in [9.17, 15) is 13.2 Å². The number of hydrogen-bond donors (Lipinski definition) is 3. The molecule has 2 aliphatic rings. The topological polar surface area (TPSA) is 103 Å². The van der Waals surface area contributed by atoms with Crippen LogP contribution in [0.1, 0.15) is 57.4 Å². The third-order valence-corrected chi connectivity index (χ3v) is 6.60. The average Bonchev–Trinajstić information content (AvgIpc) is 3.46. The van der Waals surface area contributed by atoms with Gasteiger partial charge in [-0.25, -0.2) is 4.98 Å². The van der Waals surface area contributed by atoms with Crippen molar-refractivity contribution in [2.45, 2.75) is 75.9 Å². The number of nitrogens with one attached hydrogen (secondary N) is 2. The van der Waals surface area contributed by atoms with Gasteiger partial charge >= 0.3 is 6.36 Å². The van der Waals surface area contributed by atoms with Gasteiger partial charge in [-0.15, -0.1) is 38.0 Å². The van der Waals surface area contributed by atoms with Gasteiger partial charge in [0.1, 0.15) is 5.75 Å². The number of nitrogens with zero attached hydrogens (tertiary/aromatic N) is 4. The van der Waals surface area contributed by atoms with Crippen LogP contribution in [0.2, 0.25) is 0 Å². The van der Waals surface area contributed by atoms with E-state index in [0.29, 0.717) is 29.0 Å². The molecule has 5 rings (SSSR count). The largest absolute Gasteiger partial charge is 0.573 e. The number of hydrogen-bond acceptors (Lipinski definition) is 7. The van der Waals surface area contributed by atoms with Crippen LogP contribution >= 0.6 is 24.8 Å². The Morgan fingerprint density at radius 1 is 0.944 bits per heavy atom. The highest BCUT2D eigenvalue weighted by Gasteiger charge is 2.31. The number of benzene rings is 1. The molecule has 8 nitrogen and oxygen atoms in total. The second-order valence-electron chi connectivity index (χ2n) is 9.11. The maximum atomic E-state index is 12.5. The molecule has 0 unspecified atom stereocenters. The summed E-state index contributed by atoms with van der Waals surface area (Å²) in [6.07, 6.45) is 5.43. The third-order valence-electron chi connectivity index (χ3n) is 6.60. The number of fused-ring (bicyclic) bond motifs is 1. The SMILES string of the molecule is Cl.Cl.NC1CCC(Nc2nc(Nc3ccc(OC(F)(F)F)cc3)c3ncn(C4CCCC4)c3n2)CC1. The summed E-state index contributed by atoms with van der Waals surface area (Å²) in [5.74, 6) is 0.725. The normalized spacial score (nSPS) is 20.4. The summed E-state index contributed by atoms with van der Waals surface area (Å²) in [4.78, 5) is 14.1. The maximum Gasteiger partial charge on any atom is 0.573 e. The zero-order valence-corrected chi connectivity index (χ0v) is 21.1. The molecule has 13 heteroatoms. The Morgan fingerprint density at radius 3 is 2.25 bits per heavy atom. The van der Waals surface area contributed by atoms with Crippen LogP contribution in [0, 0.1) is 0 Å². The van der Waals surface area contributed by atoms with Crippen molar-refractivity contribution < 1.29 is 17.9 Å². The molecule has 36 heavy (non-hydrogen) atoms. The highest BCUT2D eigenvalue weighted by molar-refractivity contribution is 5.87. The summed E-state index contributed by atoms with van der Waals surface area (Å²) in [7, 11) is 0. The number of aromatic nitrogens is 4. The van der Waals surface area contributed by atoms with Crippen molar-refractivity contribution in [2.24, 2.45) is 5.73 Å². The lowest BCUT2D eigenvalue weighted by Crippen LogP contribution is -2.33. The summed E-state index contributed by atoms with van der Waals surface area (Å²) in [6, 6.07) is 6.38. The molecule has 0 radical (unpaired) electrons. The van der Waals surface area contributed by atoms with Crippen molar-refractivity contribution in [1.29, 1.82) is 0 Å². The summed E-state index contributed by atoms with van der Waals surface area (Å²) >= 11 is 0. The number of imidazole rings is 1. The molecule has 0 bridgehead atoms. The summed E-state index contributed by atoms with van der Waals surface area (Å²) < 4.78 is 43.5. The quantitative estimate of drug-likeness (QED) is 0.342. The highest BCUT2D eigenvalue weighted by Crippen LogP contribution is 2.34. The van der Waals surface area contributed by atoms with Crippen molar-refractivity contribution >= 4 is 53.4 Å². The summed E-state index contributed by atoms with van der Waals surface area (Å²) in [5, 5.41) is 6.66. The van der Waals surface area contributed by atoms with Gasteiger partial charge in [-0.05, 0) is 62.8 Å². The Labute approximate surface area is 219 Å². The van der Waals surface area contributed by atoms with Gasteiger partial charge in [0.05, 0.1) is 6.33 Å². The maximum absolute atomic E-state index is 12.5. The Hall–Kier alpha value is -2.50. The standard InChI is InChI=1S/C23H28F3N7O.2ClH/c24-23(25,26)34-18-11-9-15(10-12-18)29-20-19-21(33(13-28-19)17-3-1-2-4-17)32-22(31-20)30-16-7-5-14(27)6-8-16;;/h9-14,16-17H,1-8,27H2,(H2,29,30,31,32);2*1H. The zero-order valence-electron chi connectivity index (χ0n) is 19.5. The predicted molar refractivity (Wildman–Crippen MR) is 138 cm³/mol. The van der Waals surface area contributed by atoms with E-state index in [1.54, 1.807) is 0 Å². The molecule has 2 saturated carbocycles. The smallest absolute Gasteiger partial charge is 0.406 e. The minimum atomic E-state index is -4.73. The summed E-state index contributed by atoms with van der Waals surface area (Å²) in [5.41, 5.74) is 7.98. The van der Waals surface area contributed by atoms with Crippen molar-refractivity contribution in [2.75, 3.05) is 10.6 Å². The molecule has 0 amide bonds. The monoisotopic (exact) mass is 547 g/mol. The number of ether oxygens (including phenoxy) is 1. The fourth-order valence-electron chi connectivity index (χ4n) is 4.84. The second kappa shape index (κ2) is 11.7. The van der Waals surface area contributed by atoms with Gasteiger partial charge < -0.3 is 25.7 Å². The molecule has 4 N–H and O–H groups in total. The molecular formula is C23H30Cl2F3N7O. The Morgan fingerprint density at radius 2 is 1.61 bits per heavy atom. The van der Waals surface area contributed by atoms with Gasteiger partial charge in [-0.1, -0.05) is 12.8 Å². The Balaban J connectivity index is 0.00000180. The van der Waals surface area contributed by atoms with E-state index in [-0.39, 0.29) is 42.6 Å². The van der Waals surface area contributed by atoms with Crippen LogP contribution in [-0.4, -0.2) is 38.0 Å². The molecule has 3 aromatic rings. The Bertz CT molecular complexity index is 1130. The lowest BCUT2D eigenvalue weighted by molar-refractivity contribution is -0.274. The van der Waals surface area contributed by atoms with Gasteiger partial charge in [0.15, 0.2) is 17.0 Å². The van der Waals surface area contributed by atoms with Crippen LogP contribution in [0.3, 0.4) is 0 Å². The lowest BCUT2D eigenvalue weighted by Gasteiger charge is -2.27. The molecule has 2 aliphatic carbocycles. The van der Waals surface area contributed by atoms with Gasteiger partial charge in [-0.3, -0.25) is 0 Å². The van der Waals surface area contributed by atoms with Gasteiger partial charge in [0.25, 0.3) is 0 Å². The number of alkyl halides is 3. The number of halogens is 5. The van der Waals surface area contributed by atoms with Crippen molar-refractivity contribution in [1.82, 2.24) is 19.5 Å². The van der Waals surface area contributed by atoms with Crippen LogP contribution in [0.5, 0.6) is 5.75 Å². The van der Waals surface area contributed by atoms with Crippen molar-refractivity contribution in [3.8, 4) is 5.75 Å². The first kappa shape index (κ1) is 28.1. The fraction of sp³-hybridized carbons (Fsp3) is 0.522. The third kappa shape index (κ3) is 6.63. The lowest BCUT2D eigenvalue weighted by atomic mass is 9.92. The van der Waals surface area contributed by atoms with E-state index in [2.05, 4.69) is 29.9 Å². The predicted octanol–water partition coefficient (Wildman–Crippen LogP) is 6.11. The second-order valence-corrected chi connectivity index (χ2v) is 9.11. The van der Waals surface area contributed by atoms with Crippen molar-refractivity contribution in [3.05, 3.63) is 30.6 Å². The van der Waals surface area contributed by atoms with Crippen LogP contribution < -0.4 is 21.1 Å². The number of rotatable bonds is 6. The highest BCUT2D eigenvalue weighted by atomic mass is 35.5. The molecule has 198 valence electrons. The van der Waals surface area contributed by atoms with Gasteiger partial charge in [0, 0.05) is 23.8 Å². The van der Waals surface area contributed by atoms with E-state index in [1.807, 2.05) is 6.33 Å². The first-order valence-corrected chi connectivity index (χ1v) is 11.7. The number of nitrogens with two attached hydrogens (primary N) is 1. The fourth-order valence-corrected chi connectivity index (χ4v) is 4.84. The Kier molecular flexibility index (Phi) is 9.13. The molecule has 2 heterocycles. The van der Waals surface area contributed by atoms with Crippen LogP contribution in [0.4, 0.5) is 30.6 Å². The molecule has 0 saturated heterocycles. The van der Waals surface area contributed by atoms with E-state index in [4.69, 9.17) is 10.7 Å².